The Balaban J connectivity index is 2.55. The molecule has 1 N–H and O–H groups in total. The van der Waals surface area contributed by atoms with Crippen LogP contribution in [0.25, 0.3) is 10.9 Å². The SMILES string of the molecule is CC(CI)C(C)(C)c1c[nH]c2ccccc12. The molecular weight excluding hydrogens is 309 g/mol. The number of hydrogen-bond acceptors (Lipinski definition) is 0. The average molecular weight is 327 g/mol. The molecule has 1 aromatic carbocycles. The Morgan fingerprint density at radius 2 is 2.00 bits per heavy atom. The molecule has 2 heteroatoms. The number of aromatic amines is 1. The van der Waals surface area contributed by atoms with Gasteiger partial charge in [0.15, 0.2) is 0 Å². The van der Waals surface area contributed by atoms with Crippen molar-refractivity contribution in [2.45, 2.75) is 26.2 Å². The van der Waals surface area contributed by atoms with Gasteiger partial charge in [0, 0.05) is 21.5 Å². The van der Waals surface area contributed by atoms with E-state index in [2.05, 4.69) is 78.8 Å². The molecule has 0 amide bonds. The van der Waals surface area contributed by atoms with E-state index in [1.54, 1.807) is 0 Å². The van der Waals surface area contributed by atoms with Crippen molar-refractivity contribution in [2.24, 2.45) is 5.92 Å². The highest BCUT2D eigenvalue weighted by atomic mass is 127. The van der Waals surface area contributed by atoms with Crippen LogP contribution in [0, 0.1) is 5.92 Å². The predicted octanol–water partition coefficient (Wildman–Crippen LogP) is 4.52. The highest BCUT2D eigenvalue weighted by Crippen LogP contribution is 2.36. The van der Waals surface area contributed by atoms with Crippen molar-refractivity contribution < 1.29 is 0 Å². The number of rotatable bonds is 3. The van der Waals surface area contributed by atoms with Crippen molar-refractivity contribution in [3.8, 4) is 0 Å². The first-order chi connectivity index (χ1) is 7.57. The zero-order valence-electron chi connectivity index (χ0n) is 10.0. The molecule has 0 fully saturated rings. The smallest absolute Gasteiger partial charge is 0.0457 e. The molecule has 1 unspecified atom stereocenters. The van der Waals surface area contributed by atoms with E-state index in [4.69, 9.17) is 0 Å². The van der Waals surface area contributed by atoms with E-state index in [0.29, 0.717) is 5.92 Å². The zero-order chi connectivity index (χ0) is 11.8. The van der Waals surface area contributed by atoms with Crippen molar-refractivity contribution in [3.05, 3.63) is 36.0 Å². The van der Waals surface area contributed by atoms with Crippen molar-refractivity contribution in [1.29, 1.82) is 0 Å². The first kappa shape index (κ1) is 12.0. The molecule has 1 aromatic heterocycles. The molecule has 1 nitrogen and oxygen atoms in total. The molecular formula is C14H18IN. The molecule has 1 heterocycles. The van der Waals surface area contributed by atoms with Crippen molar-refractivity contribution in [1.82, 2.24) is 4.98 Å². The van der Waals surface area contributed by atoms with E-state index < -0.39 is 0 Å². The number of fused-ring (bicyclic) bond motifs is 1. The summed E-state index contributed by atoms with van der Waals surface area (Å²) >= 11 is 2.48. The normalized spacial score (nSPS) is 14.2. The second-order valence-corrected chi connectivity index (χ2v) is 5.91. The summed E-state index contributed by atoms with van der Waals surface area (Å²) in [6, 6.07) is 8.55. The van der Waals surface area contributed by atoms with Crippen LogP contribution in [0.2, 0.25) is 0 Å². The summed E-state index contributed by atoms with van der Waals surface area (Å²) in [7, 11) is 0. The lowest BCUT2D eigenvalue weighted by Gasteiger charge is -2.30. The van der Waals surface area contributed by atoms with Gasteiger partial charge < -0.3 is 4.98 Å². The lowest BCUT2D eigenvalue weighted by Crippen LogP contribution is -2.27. The van der Waals surface area contributed by atoms with Gasteiger partial charge in [0.2, 0.25) is 0 Å². The molecule has 0 saturated heterocycles. The van der Waals surface area contributed by atoms with E-state index in [9.17, 15) is 0 Å². The van der Waals surface area contributed by atoms with Crippen molar-refractivity contribution in [3.63, 3.8) is 0 Å². The van der Waals surface area contributed by atoms with E-state index in [1.807, 2.05) is 0 Å². The fourth-order valence-corrected chi connectivity index (χ4v) is 3.16. The van der Waals surface area contributed by atoms with E-state index >= 15 is 0 Å². The van der Waals surface area contributed by atoms with Crippen LogP contribution >= 0.6 is 22.6 Å². The number of aromatic nitrogens is 1. The Morgan fingerprint density at radius 3 is 2.69 bits per heavy atom. The van der Waals surface area contributed by atoms with Crippen LogP contribution in [0.4, 0.5) is 0 Å². The molecule has 0 saturated carbocycles. The van der Waals surface area contributed by atoms with Gasteiger partial charge in [-0.25, -0.2) is 0 Å². The summed E-state index contributed by atoms with van der Waals surface area (Å²) in [6.45, 7) is 7.01. The highest BCUT2D eigenvalue weighted by Gasteiger charge is 2.29. The van der Waals surface area contributed by atoms with Crippen LogP contribution < -0.4 is 0 Å². The Labute approximate surface area is 111 Å². The van der Waals surface area contributed by atoms with Gasteiger partial charge in [-0.15, -0.1) is 0 Å². The maximum Gasteiger partial charge on any atom is 0.0457 e. The molecule has 86 valence electrons. The second kappa shape index (κ2) is 4.40. The lowest BCUT2D eigenvalue weighted by atomic mass is 9.75. The minimum Gasteiger partial charge on any atom is -0.361 e. The summed E-state index contributed by atoms with van der Waals surface area (Å²) in [5, 5.41) is 1.37. The van der Waals surface area contributed by atoms with E-state index in [1.165, 1.54) is 20.9 Å². The lowest BCUT2D eigenvalue weighted by molar-refractivity contribution is 0.385. The maximum absolute atomic E-state index is 3.37. The maximum atomic E-state index is 3.37. The van der Waals surface area contributed by atoms with Crippen LogP contribution in [0.15, 0.2) is 30.5 Å². The molecule has 0 spiro atoms. The Hall–Kier alpha value is -0.510. The molecule has 16 heavy (non-hydrogen) atoms. The van der Waals surface area contributed by atoms with Crippen LogP contribution in [0.5, 0.6) is 0 Å². The molecule has 2 rings (SSSR count). The molecule has 1 atom stereocenters. The van der Waals surface area contributed by atoms with Crippen molar-refractivity contribution >= 4 is 33.5 Å². The number of benzene rings is 1. The summed E-state index contributed by atoms with van der Waals surface area (Å²) in [6.07, 6.45) is 2.17. The quantitative estimate of drug-likeness (QED) is 0.630. The highest BCUT2D eigenvalue weighted by molar-refractivity contribution is 14.1. The van der Waals surface area contributed by atoms with Crippen LogP contribution in [0.1, 0.15) is 26.3 Å². The largest absolute Gasteiger partial charge is 0.361 e. The van der Waals surface area contributed by atoms with E-state index in [0.717, 1.165) is 0 Å². The molecule has 2 aromatic rings. The fourth-order valence-electron chi connectivity index (χ4n) is 2.06. The zero-order valence-corrected chi connectivity index (χ0v) is 12.2. The van der Waals surface area contributed by atoms with Crippen LogP contribution in [-0.2, 0) is 5.41 Å². The molecule has 0 radical (unpaired) electrons. The van der Waals surface area contributed by atoms with Crippen molar-refractivity contribution in [2.75, 3.05) is 4.43 Å². The van der Waals surface area contributed by atoms with Gasteiger partial charge >= 0.3 is 0 Å². The molecule has 0 aliphatic carbocycles. The Morgan fingerprint density at radius 1 is 1.31 bits per heavy atom. The monoisotopic (exact) mass is 327 g/mol. The first-order valence-electron chi connectivity index (χ1n) is 5.70. The minimum atomic E-state index is 0.223. The third-order valence-electron chi connectivity index (χ3n) is 3.75. The first-order valence-corrected chi connectivity index (χ1v) is 7.22. The van der Waals surface area contributed by atoms with Gasteiger partial charge in [-0.2, -0.15) is 0 Å². The Kier molecular flexibility index (Phi) is 3.29. The fraction of sp³-hybridized carbons (Fsp3) is 0.429. The van der Waals surface area contributed by atoms with Gasteiger partial charge in [-0.05, 0) is 23.0 Å². The standard InChI is InChI=1S/C14H18IN/c1-10(8-15)14(2,3)12-9-16-13-7-5-4-6-11(12)13/h4-7,9-10,16H,8H2,1-3H3. The third-order valence-corrected chi connectivity index (χ3v) is 5.07. The van der Waals surface area contributed by atoms with Gasteiger partial charge in [-0.3, -0.25) is 0 Å². The number of para-hydroxylation sites is 1. The van der Waals surface area contributed by atoms with E-state index in [-0.39, 0.29) is 5.41 Å². The topological polar surface area (TPSA) is 15.8 Å². The van der Waals surface area contributed by atoms with Gasteiger partial charge in [0.25, 0.3) is 0 Å². The number of hydrogen-bond donors (Lipinski definition) is 1. The summed E-state index contributed by atoms with van der Waals surface area (Å²) in [5.74, 6) is 0.673. The third kappa shape index (κ3) is 1.88. The minimum absolute atomic E-state index is 0.223. The number of nitrogens with one attached hydrogen (secondary N) is 1. The molecule has 0 aliphatic rings. The van der Waals surface area contributed by atoms with Crippen LogP contribution in [-0.4, -0.2) is 9.41 Å². The van der Waals surface area contributed by atoms with Gasteiger partial charge in [-0.1, -0.05) is 61.6 Å². The number of H-pyrrole nitrogens is 1. The number of halogens is 1. The summed E-state index contributed by atoms with van der Waals surface area (Å²) in [4.78, 5) is 3.37. The van der Waals surface area contributed by atoms with Crippen LogP contribution in [0.3, 0.4) is 0 Å². The average Bonchev–Trinajstić information content (AvgIpc) is 2.72. The molecule has 0 aliphatic heterocycles. The van der Waals surface area contributed by atoms with Gasteiger partial charge in [0.1, 0.15) is 0 Å². The predicted molar refractivity (Wildman–Crippen MR) is 79.4 cm³/mol. The molecule has 0 bridgehead atoms. The summed E-state index contributed by atoms with van der Waals surface area (Å²) < 4.78 is 1.18. The summed E-state index contributed by atoms with van der Waals surface area (Å²) in [5.41, 5.74) is 2.90. The second-order valence-electron chi connectivity index (χ2n) is 5.02. The number of alkyl halides is 1. The van der Waals surface area contributed by atoms with Gasteiger partial charge in [0.05, 0.1) is 0 Å². The Bertz CT molecular complexity index is 484.